The molecule has 0 bridgehead atoms. The third-order valence-electron chi connectivity index (χ3n) is 3.55. The fraction of sp³-hybridized carbons (Fsp3) is 0.263. The number of carboxylic acid groups (broad SMARTS) is 1. The first-order valence-corrected chi connectivity index (χ1v) is 8.93. The molecular formula is C19H21NO3S. The molecular weight excluding hydrogens is 322 g/mol. The first kappa shape index (κ1) is 18.1. The van der Waals surface area contributed by atoms with Crippen molar-refractivity contribution >= 4 is 29.3 Å². The Morgan fingerprint density at radius 2 is 1.92 bits per heavy atom. The van der Waals surface area contributed by atoms with E-state index >= 15 is 0 Å². The molecule has 0 atom stereocenters. The van der Waals surface area contributed by atoms with Gasteiger partial charge in [0.2, 0.25) is 5.91 Å². The number of thioether (sulfide) groups is 1. The summed E-state index contributed by atoms with van der Waals surface area (Å²) in [6, 6.07) is 15.5. The molecule has 2 rings (SSSR count). The molecule has 0 aliphatic carbocycles. The molecule has 0 unspecified atom stereocenters. The lowest BCUT2D eigenvalue weighted by Crippen LogP contribution is -2.15. The highest BCUT2D eigenvalue weighted by Gasteiger charge is 2.06. The summed E-state index contributed by atoms with van der Waals surface area (Å²) in [5, 5.41) is 11.6. The Bertz CT molecular complexity index is 715. The molecule has 4 nitrogen and oxygen atoms in total. The average molecular weight is 343 g/mol. The number of aryl methyl sites for hydroxylation is 1. The third kappa shape index (κ3) is 6.08. The van der Waals surface area contributed by atoms with Crippen LogP contribution >= 0.6 is 11.8 Å². The van der Waals surface area contributed by atoms with Crippen molar-refractivity contribution in [1.29, 1.82) is 0 Å². The number of anilines is 1. The van der Waals surface area contributed by atoms with Crippen LogP contribution in [0.3, 0.4) is 0 Å². The molecule has 24 heavy (non-hydrogen) atoms. The van der Waals surface area contributed by atoms with E-state index in [0.717, 1.165) is 28.1 Å². The van der Waals surface area contributed by atoms with Crippen molar-refractivity contribution in [3.8, 4) is 0 Å². The minimum Gasteiger partial charge on any atom is -0.481 e. The Morgan fingerprint density at radius 3 is 2.67 bits per heavy atom. The van der Waals surface area contributed by atoms with E-state index in [1.165, 1.54) is 0 Å². The van der Waals surface area contributed by atoms with Gasteiger partial charge in [-0.1, -0.05) is 36.4 Å². The van der Waals surface area contributed by atoms with Gasteiger partial charge in [-0.2, -0.15) is 11.8 Å². The van der Waals surface area contributed by atoms with Crippen LogP contribution < -0.4 is 5.32 Å². The maximum Gasteiger partial charge on any atom is 0.304 e. The second-order valence-corrected chi connectivity index (χ2v) is 6.65. The van der Waals surface area contributed by atoms with Crippen molar-refractivity contribution in [3.63, 3.8) is 0 Å². The topological polar surface area (TPSA) is 66.4 Å². The predicted molar refractivity (Wildman–Crippen MR) is 98.4 cm³/mol. The second-order valence-electron chi connectivity index (χ2n) is 5.55. The zero-order chi connectivity index (χ0) is 17.4. The normalized spacial score (nSPS) is 10.4. The van der Waals surface area contributed by atoms with Crippen LogP contribution in [0, 0.1) is 6.92 Å². The molecule has 5 heteroatoms. The molecule has 0 heterocycles. The van der Waals surface area contributed by atoms with Gasteiger partial charge in [0.05, 0.1) is 12.8 Å². The Labute approximate surface area is 146 Å². The summed E-state index contributed by atoms with van der Waals surface area (Å²) >= 11 is 1.57. The first-order valence-electron chi connectivity index (χ1n) is 7.77. The minimum atomic E-state index is -0.778. The van der Waals surface area contributed by atoms with Crippen LogP contribution in [-0.2, 0) is 21.8 Å². The van der Waals surface area contributed by atoms with E-state index < -0.39 is 5.97 Å². The van der Waals surface area contributed by atoms with E-state index in [2.05, 4.69) is 5.32 Å². The predicted octanol–water partition coefficient (Wildman–Crippen LogP) is 3.88. The fourth-order valence-corrected chi connectivity index (χ4v) is 3.15. The van der Waals surface area contributed by atoms with E-state index in [-0.39, 0.29) is 12.3 Å². The van der Waals surface area contributed by atoms with Gasteiger partial charge in [-0.3, -0.25) is 9.59 Å². The monoisotopic (exact) mass is 343 g/mol. The minimum absolute atomic E-state index is 0.0417. The Balaban J connectivity index is 1.88. The number of nitrogens with one attached hydrogen (secondary N) is 1. The number of hydrogen-bond donors (Lipinski definition) is 2. The molecule has 126 valence electrons. The summed E-state index contributed by atoms with van der Waals surface area (Å²) < 4.78 is 0. The van der Waals surface area contributed by atoms with Crippen LogP contribution in [0.5, 0.6) is 0 Å². The van der Waals surface area contributed by atoms with Crippen molar-refractivity contribution in [2.75, 3.05) is 11.1 Å². The number of carbonyl (C=O) groups is 2. The summed E-state index contributed by atoms with van der Waals surface area (Å²) in [5.41, 5.74) is 3.97. The number of rotatable bonds is 8. The molecule has 0 aliphatic rings. The maximum atomic E-state index is 12.2. The second kappa shape index (κ2) is 9.13. The van der Waals surface area contributed by atoms with Crippen molar-refractivity contribution in [1.82, 2.24) is 0 Å². The molecule has 1 amide bonds. The SMILES string of the molecule is Cc1ccccc1CC(=O)Nc1cccc(CSCCC(=O)O)c1. The average Bonchev–Trinajstić information content (AvgIpc) is 2.54. The van der Waals surface area contributed by atoms with E-state index in [1.807, 2.05) is 55.5 Å². The van der Waals surface area contributed by atoms with E-state index in [1.54, 1.807) is 11.8 Å². The molecule has 2 aromatic carbocycles. The van der Waals surface area contributed by atoms with Gasteiger partial charge in [-0.15, -0.1) is 0 Å². The third-order valence-corrected chi connectivity index (χ3v) is 4.58. The quantitative estimate of drug-likeness (QED) is 0.714. The molecule has 0 radical (unpaired) electrons. The van der Waals surface area contributed by atoms with E-state index in [4.69, 9.17) is 5.11 Å². The van der Waals surface area contributed by atoms with Gasteiger partial charge in [0.25, 0.3) is 0 Å². The summed E-state index contributed by atoms with van der Waals surface area (Å²) in [6.07, 6.45) is 0.516. The summed E-state index contributed by atoms with van der Waals surface area (Å²) in [5.74, 6) is 0.494. The first-order chi connectivity index (χ1) is 11.5. The van der Waals surface area contributed by atoms with Crippen LogP contribution in [0.2, 0.25) is 0 Å². The molecule has 0 saturated carbocycles. The van der Waals surface area contributed by atoms with Crippen molar-refractivity contribution in [2.24, 2.45) is 0 Å². The van der Waals surface area contributed by atoms with Gasteiger partial charge in [-0.25, -0.2) is 0 Å². The highest BCUT2D eigenvalue weighted by atomic mass is 32.2. The molecule has 0 fully saturated rings. The Hall–Kier alpha value is -2.27. The zero-order valence-corrected chi connectivity index (χ0v) is 14.4. The van der Waals surface area contributed by atoms with Crippen LogP contribution in [0.1, 0.15) is 23.1 Å². The number of aliphatic carboxylic acids is 1. The van der Waals surface area contributed by atoms with Gasteiger partial charge in [-0.05, 0) is 35.7 Å². The molecule has 2 aromatic rings. The van der Waals surface area contributed by atoms with Crippen molar-refractivity contribution in [3.05, 3.63) is 65.2 Å². The number of amides is 1. The molecule has 0 aliphatic heterocycles. The highest BCUT2D eigenvalue weighted by Crippen LogP contribution is 2.18. The number of carbonyl (C=O) groups excluding carboxylic acids is 1. The molecule has 2 N–H and O–H groups in total. The number of carboxylic acids is 1. The van der Waals surface area contributed by atoms with Gasteiger partial charge < -0.3 is 10.4 Å². The van der Waals surface area contributed by atoms with Gasteiger partial charge in [0, 0.05) is 17.2 Å². The lowest BCUT2D eigenvalue weighted by Gasteiger charge is -2.09. The number of benzene rings is 2. The van der Waals surface area contributed by atoms with Crippen LogP contribution in [0.25, 0.3) is 0 Å². The fourth-order valence-electron chi connectivity index (χ4n) is 2.27. The van der Waals surface area contributed by atoms with E-state index in [0.29, 0.717) is 12.2 Å². The van der Waals surface area contributed by atoms with E-state index in [9.17, 15) is 9.59 Å². The van der Waals surface area contributed by atoms with Crippen LogP contribution in [0.4, 0.5) is 5.69 Å². The largest absolute Gasteiger partial charge is 0.481 e. The lowest BCUT2D eigenvalue weighted by atomic mass is 10.1. The standard InChI is InChI=1S/C19H21NO3S/c1-14-5-2-3-7-16(14)12-18(21)20-17-8-4-6-15(11-17)13-24-10-9-19(22)23/h2-8,11H,9-10,12-13H2,1H3,(H,20,21)(H,22,23). The summed E-state index contributed by atoms with van der Waals surface area (Å²) in [4.78, 5) is 22.7. The maximum absolute atomic E-state index is 12.2. The van der Waals surface area contributed by atoms with Gasteiger partial charge >= 0.3 is 5.97 Å². The highest BCUT2D eigenvalue weighted by molar-refractivity contribution is 7.98. The molecule has 0 saturated heterocycles. The van der Waals surface area contributed by atoms with Crippen molar-refractivity contribution < 1.29 is 14.7 Å². The smallest absolute Gasteiger partial charge is 0.304 e. The Kier molecular flexibility index (Phi) is 6.88. The van der Waals surface area contributed by atoms with Crippen molar-refractivity contribution in [2.45, 2.75) is 25.5 Å². The van der Waals surface area contributed by atoms with Gasteiger partial charge in [0.1, 0.15) is 0 Å². The lowest BCUT2D eigenvalue weighted by molar-refractivity contribution is -0.136. The Morgan fingerprint density at radius 1 is 1.12 bits per heavy atom. The zero-order valence-electron chi connectivity index (χ0n) is 13.6. The summed E-state index contributed by atoms with van der Waals surface area (Å²) in [7, 11) is 0. The number of hydrogen-bond acceptors (Lipinski definition) is 3. The van der Waals surface area contributed by atoms with Gasteiger partial charge in [0.15, 0.2) is 0 Å². The summed E-state index contributed by atoms with van der Waals surface area (Å²) in [6.45, 7) is 2.00. The molecule has 0 aromatic heterocycles. The van der Waals surface area contributed by atoms with Crippen LogP contribution in [0.15, 0.2) is 48.5 Å². The van der Waals surface area contributed by atoms with Crippen LogP contribution in [-0.4, -0.2) is 22.7 Å². The molecule has 0 spiro atoms.